The van der Waals surface area contributed by atoms with E-state index in [1.54, 1.807) is 0 Å². The Morgan fingerprint density at radius 3 is 2.90 bits per heavy atom. The third-order valence-corrected chi connectivity index (χ3v) is 4.14. The quantitative estimate of drug-likeness (QED) is 0.793. The molecule has 0 unspecified atom stereocenters. The minimum Gasteiger partial charge on any atom is -0.399 e. The van der Waals surface area contributed by atoms with E-state index < -0.39 is 0 Å². The van der Waals surface area contributed by atoms with Crippen molar-refractivity contribution in [3.63, 3.8) is 0 Å². The number of aryl methyl sites for hydroxylation is 2. The van der Waals surface area contributed by atoms with Crippen molar-refractivity contribution in [1.29, 1.82) is 0 Å². The van der Waals surface area contributed by atoms with Crippen LogP contribution < -0.4 is 5.73 Å². The van der Waals surface area contributed by atoms with Gasteiger partial charge in [-0.1, -0.05) is 31.1 Å². The zero-order valence-electron chi connectivity index (χ0n) is 12.0. The van der Waals surface area contributed by atoms with E-state index in [1.165, 1.54) is 5.56 Å². The summed E-state index contributed by atoms with van der Waals surface area (Å²) in [5, 5.41) is 4.01. The summed E-state index contributed by atoms with van der Waals surface area (Å²) in [6.45, 7) is 4.42. The van der Waals surface area contributed by atoms with Crippen molar-refractivity contribution in [1.82, 2.24) is 10.1 Å². The zero-order chi connectivity index (χ0) is 14.4. The largest absolute Gasteiger partial charge is 0.399 e. The Hall–Kier alpha value is -1.49. The van der Waals surface area contributed by atoms with Crippen LogP contribution in [0.15, 0.2) is 28.8 Å². The molecule has 20 heavy (non-hydrogen) atoms. The highest BCUT2D eigenvalue weighted by molar-refractivity contribution is 7.98. The van der Waals surface area contributed by atoms with Gasteiger partial charge in [0.1, 0.15) is 0 Å². The molecule has 0 fully saturated rings. The highest BCUT2D eigenvalue weighted by atomic mass is 32.2. The van der Waals surface area contributed by atoms with Gasteiger partial charge in [0.05, 0.1) is 5.75 Å². The molecule has 2 aromatic rings. The van der Waals surface area contributed by atoms with Crippen LogP contribution in [0.3, 0.4) is 0 Å². The van der Waals surface area contributed by atoms with Gasteiger partial charge in [0.2, 0.25) is 5.89 Å². The summed E-state index contributed by atoms with van der Waals surface area (Å²) in [7, 11) is 0. The lowest BCUT2D eigenvalue weighted by Crippen LogP contribution is -1.95. The molecule has 1 aromatic heterocycles. The molecule has 1 heterocycles. The van der Waals surface area contributed by atoms with Gasteiger partial charge < -0.3 is 10.3 Å². The van der Waals surface area contributed by atoms with Gasteiger partial charge in [-0.25, -0.2) is 0 Å². The van der Waals surface area contributed by atoms with Gasteiger partial charge in [0.15, 0.2) is 5.82 Å². The molecule has 0 aliphatic heterocycles. The standard InChI is InChI=1S/C15H21N3OS/c1-11(2)9-20-10-14-17-15(19-18-14)7-6-12-4-3-5-13(16)8-12/h3-5,8,11H,6-7,9-10,16H2,1-2H3. The summed E-state index contributed by atoms with van der Waals surface area (Å²) >= 11 is 1.84. The van der Waals surface area contributed by atoms with Crippen molar-refractivity contribution >= 4 is 17.4 Å². The molecular formula is C15H21N3OS. The van der Waals surface area contributed by atoms with Gasteiger partial charge in [-0.2, -0.15) is 16.7 Å². The first-order valence-electron chi connectivity index (χ1n) is 6.87. The number of nitrogen functional groups attached to an aromatic ring is 1. The summed E-state index contributed by atoms with van der Waals surface area (Å²) in [4.78, 5) is 4.41. The molecule has 108 valence electrons. The van der Waals surface area contributed by atoms with Crippen molar-refractivity contribution in [2.75, 3.05) is 11.5 Å². The predicted octanol–water partition coefficient (Wildman–Crippen LogP) is 3.33. The number of thioether (sulfide) groups is 1. The highest BCUT2D eigenvalue weighted by Crippen LogP contribution is 2.14. The van der Waals surface area contributed by atoms with E-state index in [1.807, 2.05) is 30.0 Å². The molecule has 4 nitrogen and oxygen atoms in total. The average molecular weight is 291 g/mol. The molecule has 5 heteroatoms. The monoisotopic (exact) mass is 291 g/mol. The van der Waals surface area contributed by atoms with Crippen LogP contribution in [0.25, 0.3) is 0 Å². The summed E-state index contributed by atoms with van der Waals surface area (Å²) in [6.07, 6.45) is 1.62. The Labute approximate surface area is 124 Å². The SMILES string of the molecule is CC(C)CSCc1noc(CCc2cccc(N)c2)n1. The van der Waals surface area contributed by atoms with E-state index in [0.29, 0.717) is 11.8 Å². The summed E-state index contributed by atoms with van der Waals surface area (Å²) in [5.41, 5.74) is 7.74. The van der Waals surface area contributed by atoms with Gasteiger partial charge in [0.25, 0.3) is 0 Å². The number of hydrogen-bond donors (Lipinski definition) is 1. The maximum Gasteiger partial charge on any atom is 0.227 e. The van der Waals surface area contributed by atoms with Gasteiger partial charge in [-0.05, 0) is 35.8 Å². The number of rotatable bonds is 7. The molecule has 2 rings (SSSR count). The minimum absolute atomic E-state index is 0.690. The number of hydrogen-bond acceptors (Lipinski definition) is 5. The van der Waals surface area contributed by atoms with Gasteiger partial charge in [-0.15, -0.1) is 0 Å². The fraction of sp³-hybridized carbons (Fsp3) is 0.467. The molecule has 0 saturated carbocycles. The number of nitrogens with two attached hydrogens (primary N) is 1. The van der Waals surface area contributed by atoms with Gasteiger partial charge >= 0.3 is 0 Å². The average Bonchev–Trinajstić information content (AvgIpc) is 2.84. The lowest BCUT2D eigenvalue weighted by Gasteiger charge is -2.00. The Morgan fingerprint density at radius 1 is 1.30 bits per heavy atom. The first-order chi connectivity index (χ1) is 9.63. The van der Waals surface area contributed by atoms with Gasteiger partial charge in [-0.3, -0.25) is 0 Å². The first kappa shape index (κ1) is 14.9. The summed E-state index contributed by atoms with van der Waals surface area (Å²) < 4.78 is 5.27. The van der Waals surface area contributed by atoms with Crippen LogP contribution in [0, 0.1) is 5.92 Å². The normalized spacial score (nSPS) is 11.2. The smallest absolute Gasteiger partial charge is 0.227 e. The molecule has 1 aromatic carbocycles. The van der Waals surface area contributed by atoms with E-state index in [9.17, 15) is 0 Å². The third-order valence-electron chi connectivity index (χ3n) is 2.77. The van der Waals surface area contributed by atoms with Crippen LogP contribution >= 0.6 is 11.8 Å². The second-order valence-corrected chi connectivity index (χ2v) is 6.29. The lowest BCUT2D eigenvalue weighted by molar-refractivity contribution is 0.374. The van der Waals surface area contributed by atoms with Crippen molar-refractivity contribution in [3.8, 4) is 0 Å². The molecule has 0 aliphatic rings. The van der Waals surface area contributed by atoms with Crippen LogP contribution in [0.2, 0.25) is 0 Å². The van der Waals surface area contributed by atoms with E-state index >= 15 is 0 Å². The van der Waals surface area contributed by atoms with Crippen LogP contribution in [0.1, 0.15) is 31.1 Å². The van der Waals surface area contributed by atoms with Gasteiger partial charge in [0, 0.05) is 12.1 Å². The Bertz CT molecular complexity index is 539. The Balaban J connectivity index is 1.80. The molecular weight excluding hydrogens is 270 g/mol. The van der Waals surface area contributed by atoms with Crippen molar-refractivity contribution in [2.24, 2.45) is 5.92 Å². The molecule has 0 radical (unpaired) electrons. The van der Waals surface area contributed by atoms with Crippen LogP contribution in [-0.4, -0.2) is 15.9 Å². The second kappa shape index (κ2) is 7.33. The zero-order valence-corrected chi connectivity index (χ0v) is 12.8. The first-order valence-corrected chi connectivity index (χ1v) is 8.02. The van der Waals surface area contributed by atoms with E-state index in [4.69, 9.17) is 10.3 Å². The summed E-state index contributed by atoms with van der Waals surface area (Å²) in [6, 6.07) is 7.90. The number of aromatic nitrogens is 2. The molecule has 0 aliphatic carbocycles. The lowest BCUT2D eigenvalue weighted by atomic mass is 10.1. The maximum absolute atomic E-state index is 5.76. The number of anilines is 1. The van der Waals surface area contributed by atoms with Crippen molar-refractivity contribution in [3.05, 3.63) is 41.5 Å². The fourth-order valence-electron chi connectivity index (χ4n) is 1.84. The van der Waals surface area contributed by atoms with Crippen LogP contribution in [0.4, 0.5) is 5.69 Å². The van der Waals surface area contributed by atoms with E-state index in [2.05, 4.69) is 30.1 Å². The molecule has 0 saturated heterocycles. The third kappa shape index (κ3) is 4.89. The summed E-state index contributed by atoms with van der Waals surface area (Å²) in [5.74, 6) is 4.12. The number of benzene rings is 1. The predicted molar refractivity (Wildman–Crippen MR) is 83.6 cm³/mol. The Morgan fingerprint density at radius 2 is 2.15 bits per heavy atom. The molecule has 0 amide bonds. The maximum atomic E-state index is 5.76. The fourth-order valence-corrected chi connectivity index (χ4v) is 2.73. The Kier molecular flexibility index (Phi) is 5.47. The molecule has 2 N–H and O–H groups in total. The molecule has 0 atom stereocenters. The van der Waals surface area contributed by atoms with Crippen LogP contribution in [0.5, 0.6) is 0 Å². The minimum atomic E-state index is 0.690. The number of nitrogens with zero attached hydrogens (tertiary/aromatic N) is 2. The second-order valence-electron chi connectivity index (χ2n) is 5.26. The van der Waals surface area contributed by atoms with E-state index in [0.717, 1.165) is 35.9 Å². The molecule has 0 bridgehead atoms. The topological polar surface area (TPSA) is 64.9 Å². The highest BCUT2D eigenvalue weighted by Gasteiger charge is 2.07. The van der Waals surface area contributed by atoms with Crippen LogP contribution in [-0.2, 0) is 18.6 Å². The van der Waals surface area contributed by atoms with E-state index in [-0.39, 0.29) is 0 Å². The molecule has 0 spiro atoms. The van der Waals surface area contributed by atoms with Crippen molar-refractivity contribution in [2.45, 2.75) is 32.4 Å². The van der Waals surface area contributed by atoms with Crippen molar-refractivity contribution < 1.29 is 4.52 Å².